The molecule has 0 fully saturated rings. The number of nitrogens with zero attached hydrogens (tertiary/aromatic N) is 3. The lowest BCUT2D eigenvalue weighted by Gasteiger charge is -2.24. The van der Waals surface area contributed by atoms with E-state index in [0.717, 1.165) is 16.8 Å². The van der Waals surface area contributed by atoms with Crippen LogP contribution in [0.3, 0.4) is 0 Å². The minimum absolute atomic E-state index is 0.248. The van der Waals surface area contributed by atoms with Gasteiger partial charge in [0.1, 0.15) is 5.82 Å². The van der Waals surface area contributed by atoms with Crippen molar-refractivity contribution in [2.45, 2.75) is 13.0 Å². The number of pyridine rings is 1. The van der Waals surface area contributed by atoms with Crippen LogP contribution >= 0.6 is 0 Å². The Morgan fingerprint density at radius 2 is 2.33 bits per heavy atom. The van der Waals surface area contributed by atoms with Crippen LogP contribution in [0, 0.1) is 0 Å². The second-order valence-corrected chi connectivity index (χ2v) is 3.60. The van der Waals surface area contributed by atoms with E-state index in [4.69, 9.17) is 10.3 Å². The summed E-state index contributed by atoms with van der Waals surface area (Å²) >= 11 is 0. The number of hydrogen-bond acceptors (Lipinski definition) is 5. The first kappa shape index (κ1) is 9.92. The Balaban J connectivity index is 2.35. The van der Waals surface area contributed by atoms with Crippen LogP contribution < -0.4 is 10.6 Å². The molecule has 0 aromatic carbocycles. The van der Waals surface area contributed by atoms with Gasteiger partial charge in [-0.25, -0.2) is 4.98 Å². The molecule has 0 saturated carbocycles. The topological polar surface area (TPSA) is 68.2 Å². The highest BCUT2D eigenvalue weighted by Crippen LogP contribution is 2.18. The van der Waals surface area contributed by atoms with Crippen molar-refractivity contribution in [1.29, 1.82) is 0 Å². The van der Waals surface area contributed by atoms with E-state index in [1.807, 2.05) is 24.9 Å². The molecule has 5 heteroatoms. The van der Waals surface area contributed by atoms with Gasteiger partial charge >= 0.3 is 0 Å². The molecule has 2 rings (SSSR count). The first-order chi connectivity index (χ1) is 7.22. The first-order valence-corrected chi connectivity index (χ1v) is 4.85. The molecule has 2 aromatic heterocycles. The number of rotatable bonds is 3. The Kier molecular flexibility index (Phi) is 2.55. The third-order valence-corrected chi connectivity index (χ3v) is 2.59. The highest BCUT2D eigenvalue weighted by Gasteiger charge is 2.10. The summed E-state index contributed by atoms with van der Waals surface area (Å²) in [6.45, 7) is 2.64. The molecule has 0 amide bonds. The van der Waals surface area contributed by atoms with Gasteiger partial charge in [-0.15, -0.1) is 0 Å². The smallest absolute Gasteiger partial charge is 0.172 e. The van der Waals surface area contributed by atoms with Crippen LogP contribution in [0.4, 0.5) is 5.82 Å². The molecule has 0 aliphatic carbocycles. The highest BCUT2D eigenvalue weighted by atomic mass is 16.5. The van der Waals surface area contributed by atoms with Gasteiger partial charge in [0.25, 0.3) is 0 Å². The van der Waals surface area contributed by atoms with Crippen molar-refractivity contribution in [3.8, 4) is 0 Å². The monoisotopic (exact) mass is 206 g/mol. The van der Waals surface area contributed by atoms with Crippen molar-refractivity contribution in [3.63, 3.8) is 0 Å². The molecule has 15 heavy (non-hydrogen) atoms. The normalized spacial score (nSPS) is 13.0. The number of nitrogens with two attached hydrogens (primary N) is 1. The van der Waals surface area contributed by atoms with E-state index in [2.05, 4.69) is 10.1 Å². The summed E-state index contributed by atoms with van der Waals surface area (Å²) in [5.74, 6) is 0.845. The van der Waals surface area contributed by atoms with Gasteiger partial charge in [0.05, 0.1) is 11.6 Å². The highest BCUT2D eigenvalue weighted by molar-refractivity contribution is 5.77. The zero-order valence-electron chi connectivity index (χ0n) is 8.84. The third kappa shape index (κ3) is 1.78. The van der Waals surface area contributed by atoms with Gasteiger partial charge in [0.2, 0.25) is 0 Å². The summed E-state index contributed by atoms with van der Waals surface area (Å²) in [4.78, 5) is 6.33. The van der Waals surface area contributed by atoms with Crippen LogP contribution in [-0.4, -0.2) is 29.8 Å². The van der Waals surface area contributed by atoms with E-state index in [1.165, 1.54) is 0 Å². The summed E-state index contributed by atoms with van der Waals surface area (Å²) < 4.78 is 5.07. The summed E-state index contributed by atoms with van der Waals surface area (Å²) in [6, 6.07) is 2.12. The molecule has 0 bridgehead atoms. The second kappa shape index (κ2) is 3.86. The van der Waals surface area contributed by atoms with Crippen molar-refractivity contribution in [1.82, 2.24) is 10.1 Å². The Bertz CT molecular complexity index is 453. The molecule has 0 radical (unpaired) electrons. The maximum absolute atomic E-state index is 5.60. The molecule has 80 valence electrons. The Morgan fingerprint density at radius 1 is 1.53 bits per heavy atom. The SMILES string of the molecule is CC(CN)N(C)c1cc2oncc2cn1. The Labute approximate surface area is 87.9 Å². The number of hydrogen-bond donors (Lipinski definition) is 1. The van der Waals surface area contributed by atoms with Gasteiger partial charge in [-0.3, -0.25) is 0 Å². The van der Waals surface area contributed by atoms with Crippen LogP contribution in [0.1, 0.15) is 6.92 Å². The minimum atomic E-state index is 0.248. The fourth-order valence-corrected chi connectivity index (χ4v) is 1.33. The van der Waals surface area contributed by atoms with Crippen LogP contribution in [0.25, 0.3) is 11.0 Å². The van der Waals surface area contributed by atoms with Crippen LogP contribution in [0.15, 0.2) is 23.0 Å². The van der Waals surface area contributed by atoms with E-state index in [0.29, 0.717) is 6.54 Å². The number of likely N-dealkylation sites (N-methyl/N-ethyl adjacent to an activating group) is 1. The van der Waals surface area contributed by atoms with Gasteiger partial charge < -0.3 is 15.2 Å². The van der Waals surface area contributed by atoms with Crippen LogP contribution in [0.5, 0.6) is 0 Å². The molecular formula is C10H14N4O. The van der Waals surface area contributed by atoms with Crippen molar-refractivity contribution < 1.29 is 4.52 Å². The maximum atomic E-state index is 5.60. The van der Waals surface area contributed by atoms with E-state index in [-0.39, 0.29) is 6.04 Å². The van der Waals surface area contributed by atoms with Crippen molar-refractivity contribution in [2.75, 3.05) is 18.5 Å². The lowest BCUT2D eigenvalue weighted by atomic mass is 10.3. The number of anilines is 1. The molecule has 5 nitrogen and oxygen atoms in total. The van der Waals surface area contributed by atoms with Gasteiger partial charge in [0.15, 0.2) is 5.58 Å². The van der Waals surface area contributed by atoms with Crippen LogP contribution in [0.2, 0.25) is 0 Å². The molecule has 2 heterocycles. The average Bonchev–Trinajstić information content (AvgIpc) is 2.73. The minimum Gasteiger partial charge on any atom is -0.356 e. The zero-order valence-corrected chi connectivity index (χ0v) is 8.84. The maximum Gasteiger partial charge on any atom is 0.172 e. The van der Waals surface area contributed by atoms with E-state index in [9.17, 15) is 0 Å². The standard InChI is InChI=1S/C10H14N4O/c1-7(4-11)14(2)10-3-9-8(5-12-10)6-13-15-9/h3,5-7H,4,11H2,1-2H3. The molecule has 0 saturated heterocycles. The van der Waals surface area contributed by atoms with Crippen molar-refractivity contribution in [2.24, 2.45) is 5.73 Å². The summed E-state index contributed by atoms with van der Waals surface area (Å²) in [5, 5.41) is 4.62. The van der Waals surface area contributed by atoms with Crippen LogP contribution in [-0.2, 0) is 0 Å². The van der Waals surface area contributed by atoms with Gasteiger partial charge in [-0.05, 0) is 6.92 Å². The summed E-state index contributed by atoms with van der Waals surface area (Å²) in [5.41, 5.74) is 6.34. The molecule has 0 aliphatic rings. The fraction of sp³-hybridized carbons (Fsp3) is 0.400. The largest absolute Gasteiger partial charge is 0.356 e. The Morgan fingerprint density at radius 3 is 3.07 bits per heavy atom. The number of aromatic nitrogens is 2. The third-order valence-electron chi connectivity index (χ3n) is 2.59. The predicted octanol–water partition coefficient (Wildman–Crippen LogP) is 1.01. The van der Waals surface area contributed by atoms with E-state index in [1.54, 1.807) is 12.4 Å². The molecule has 0 aliphatic heterocycles. The average molecular weight is 206 g/mol. The molecule has 2 N–H and O–H groups in total. The van der Waals surface area contributed by atoms with E-state index >= 15 is 0 Å². The van der Waals surface area contributed by atoms with Gasteiger partial charge in [0, 0.05) is 31.9 Å². The summed E-state index contributed by atoms with van der Waals surface area (Å²) in [6.07, 6.45) is 3.40. The van der Waals surface area contributed by atoms with Crippen molar-refractivity contribution in [3.05, 3.63) is 18.5 Å². The molecule has 1 atom stereocenters. The molecule has 2 aromatic rings. The van der Waals surface area contributed by atoms with Gasteiger partial charge in [-0.1, -0.05) is 5.16 Å². The van der Waals surface area contributed by atoms with Gasteiger partial charge in [-0.2, -0.15) is 0 Å². The molecule has 0 spiro atoms. The number of fused-ring (bicyclic) bond motifs is 1. The zero-order chi connectivity index (χ0) is 10.8. The lowest BCUT2D eigenvalue weighted by molar-refractivity contribution is 0.456. The molecule has 1 unspecified atom stereocenters. The first-order valence-electron chi connectivity index (χ1n) is 4.85. The fourth-order valence-electron chi connectivity index (χ4n) is 1.33. The Hall–Kier alpha value is -1.62. The van der Waals surface area contributed by atoms with Crippen molar-refractivity contribution >= 4 is 16.8 Å². The quantitative estimate of drug-likeness (QED) is 0.811. The predicted molar refractivity (Wildman–Crippen MR) is 58.7 cm³/mol. The van der Waals surface area contributed by atoms with E-state index < -0.39 is 0 Å². The lowest BCUT2D eigenvalue weighted by Crippen LogP contribution is -2.35. The second-order valence-electron chi connectivity index (χ2n) is 3.60. The molecular weight excluding hydrogens is 192 g/mol. The summed E-state index contributed by atoms with van der Waals surface area (Å²) in [7, 11) is 1.96.